The zero-order valence-corrected chi connectivity index (χ0v) is 22.7. The Morgan fingerprint density at radius 3 is 2.36 bits per heavy atom. The quantitative estimate of drug-likeness (QED) is 0.237. The highest BCUT2D eigenvalue weighted by molar-refractivity contribution is 7.90. The number of halogens is 1. The van der Waals surface area contributed by atoms with Crippen molar-refractivity contribution >= 4 is 32.2 Å². The van der Waals surface area contributed by atoms with Crippen LogP contribution in [0.15, 0.2) is 71.9 Å². The van der Waals surface area contributed by atoms with E-state index in [1.165, 1.54) is 54.9 Å². The van der Waals surface area contributed by atoms with Crippen LogP contribution < -0.4 is 19.5 Å². The summed E-state index contributed by atoms with van der Waals surface area (Å²) in [5, 5.41) is 3.34. The molecule has 0 saturated carbocycles. The average molecular weight is 574 g/mol. The lowest BCUT2D eigenvalue weighted by Crippen LogP contribution is -2.18. The number of rotatable bonds is 11. The lowest BCUT2D eigenvalue weighted by Gasteiger charge is -2.16. The van der Waals surface area contributed by atoms with Crippen molar-refractivity contribution in [2.75, 3.05) is 25.3 Å². The molecule has 39 heavy (non-hydrogen) atoms. The largest absolute Gasteiger partial charge is 0.488 e. The fraction of sp³-hybridized carbons (Fsp3) is 0.192. The predicted octanol–water partition coefficient (Wildman–Crippen LogP) is 5.33. The number of nitrogens with one attached hydrogen (secondary N) is 1. The van der Waals surface area contributed by atoms with Gasteiger partial charge in [-0.25, -0.2) is 18.4 Å². The maximum atomic E-state index is 13.1. The number of ether oxygens (including phenoxy) is 4. The summed E-state index contributed by atoms with van der Waals surface area (Å²) in [6, 6.07) is 13.2. The van der Waals surface area contributed by atoms with E-state index in [0.29, 0.717) is 34.7 Å². The molecule has 10 nitrogen and oxygen atoms in total. The first-order chi connectivity index (χ1) is 18.6. The molecular formula is C26H24FN3O7S2. The van der Waals surface area contributed by atoms with Gasteiger partial charge in [-0.1, -0.05) is 11.3 Å². The van der Waals surface area contributed by atoms with Crippen molar-refractivity contribution in [3.63, 3.8) is 0 Å². The third-order valence-corrected chi connectivity index (χ3v) is 6.91. The van der Waals surface area contributed by atoms with Crippen molar-refractivity contribution in [1.29, 1.82) is 0 Å². The second kappa shape index (κ2) is 12.2. The number of carbonyl (C=O) groups excluding carboxylic acids is 1. The van der Waals surface area contributed by atoms with Crippen LogP contribution in [0.2, 0.25) is 0 Å². The first-order valence-corrected chi connectivity index (χ1v) is 14.1. The molecule has 13 heteroatoms. The van der Waals surface area contributed by atoms with Crippen molar-refractivity contribution in [1.82, 2.24) is 9.97 Å². The zero-order valence-electron chi connectivity index (χ0n) is 21.1. The predicted molar refractivity (Wildman–Crippen MR) is 142 cm³/mol. The number of carbonyl (C=O) groups is 1. The molecule has 2 aromatic carbocycles. The molecule has 0 bridgehead atoms. The molecule has 4 rings (SSSR count). The standard InChI is InChI=1S/C26H24FN3O7S2/c1-16(15-34-2)35-20-10-17(11-21(12-20)36-18-4-7-22(8-5-18)39(3,32)33)25(31)30-26-29-14-24(38-26)37-19-6-9-23(27)28-13-19/h4-14,16H,15H2,1-3H3,(H,29,30,31)/t16-/m0/s1. The van der Waals surface area contributed by atoms with Gasteiger partial charge in [-0.15, -0.1) is 0 Å². The third-order valence-electron chi connectivity index (χ3n) is 4.99. The van der Waals surface area contributed by atoms with E-state index in [4.69, 9.17) is 18.9 Å². The number of nitrogens with zero attached hydrogens (tertiary/aromatic N) is 2. The number of anilines is 1. The number of hydrogen-bond donors (Lipinski definition) is 1. The van der Waals surface area contributed by atoms with Crippen LogP contribution in [0.5, 0.6) is 28.1 Å². The minimum absolute atomic E-state index is 0.155. The van der Waals surface area contributed by atoms with Gasteiger partial charge in [0.2, 0.25) is 11.0 Å². The van der Waals surface area contributed by atoms with Crippen LogP contribution in [0, 0.1) is 5.95 Å². The SMILES string of the molecule is COC[C@H](C)Oc1cc(Oc2ccc(S(C)(=O)=O)cc2)cc(C(=O)Nc2ncc(Oc3ccc(F)nc3)s2)c1. The fourth-order valence-corrected chi connectivity index (χ4v) is 4.61. The molecular weight excluding hydrogens is 549 g/mol. The molecule has 0 aliphatic carbocycles. The Hall–Kier alpha value is -4.07. The van der Waals surface area contributed by atoms with Crippen molar-refractivity contribution in [3.05, 3.63) is 78.5 Å². The number of sulfone groups is 1. The van der Waals surface area contributed by atoms with E-state index in [2.05, 4.69) is 15.3 Å². The summed E-state index contributed by atoms with van der Waals surface area (Å²) in [7, 11) is -1.80. The Labute approximate surface area is 228 Å². The molecule has 0 unspecified atom stereocenters. The molecule has 4 aromatic rings. The Morgan fingerprint density at radius 2 is 1.69 bits per heavy atom. The van der Waals surface area contributed by atoms with Crippen LogP contribution in [0.4, 0.5) is 9.52 Å². The summed E-state index contributed by atoms with van der Waals surface area (Å²) in [5.41, 5.74) is 0.222. The summed E-state index contributed by atoms with van der Waals surface area (Å²) in [6.07, 6.45) is 3.46. The van der Waals surface area contributed by atoms with Gasteiger partial charge in [0.1, 0.15) is 29.1 Å². The number of aromatic nitrogens is 2. The molecule has 0 aliphatic heterocycles. The molecule has 0 spiro atoms. The summed E-state index contributed by atoms with van der Waals surface area (Å²) >= 11 is 1.07. The minimum atomic E-state index is -3.36. The number of methoxy groups -OCH3 is 1. The smallest absolute Gasteiger partial charge is 0.257 e. The van der Waals surface area contributed by atoms with E-state index in [1.807, 2.05) is 6.92 Å². The fourth-order valence-electron chi connectivity index (χ4n) is 3.29. The number of hydrogen-bond acceptors (Lipinski definition) is 10. The van der Waals surface area contributed by atoms with Crippen LogP contribution >= 0.6 is 11.3 Å². The first-order valence-electron chi connectivity index (χ1n) is 11.4. The summed E-state index contributed by atoms with van der Waals surface area (Å²) in [5.74, 6) is 0.230. The highest BCUT2D eigenvalue weighted by atomic mass is 32.2. The number of benzene rings is 2. The third kappa shape index (κ3) is 7.96. The summed E-state index contributed by atoms with van der Waals surface area (Å²) in [6.45, 7) is 2.14. The van der Waals surface area contributed by atoms with Gasteiger partial charge >= 0.3 is 0 Å². The number of amides is 1. The lowest BCUT2D eigenvalue weighted by atomic mass is 10.2. The first kappa shape index (κ1) is 28.0. The molecule has 0 fully saturated rings. The second-order valence-corrected chi connectivity index (χ2v) is 11.3. The van der Waals surface area contributed by atoms with Gasteiger partial charge in [-0.3, -0.25) is 10.1 Å². The monoisotopic (exact) mass is 573 g/mol. The molecule has 204 valence electrons. The van der Waals surface area contributed by atoms with Crippen LogP contribution in [0.25, 0.3) is 0 Å². The Morgan fingerprint density at radius 1 is 0.974 bits per heavy atom. The van der Waals surface area contributed by atoms with Crippen molar-refractivity contribution in [3.8, 4) is 28.1 Å². The van der Waals surface area contributed by atoms with Crippen molar-refractivity contribution in [2.45, 2.75) is 17.9 Å². The van der Waals surface area contributed by atoms with E-state index in [-0.39, 0.29) is 21.7 Å². The van der Waals surface area contributed by atoms with Gasteiger partial charge in [-0.2, -0.15) is 4.39 Å². The van der Waals surface area contributed by atoms with Gasteiger partial charge in [0.05, 0.1) is 23.9 Å². The molecule has 1 N–H and O–H groups in total. The summed E-state index contributed by atoms with van der Waals surface area (Å²) in [4.78, 5) is 20.9. The van der Waals surface area contributed by atoms with E-state index >= 15 is 0 Å². The highest BCUT2D eigenvalue weighted by Crippen LogP contribution is 2.32. The van der Waals surface area contributed by atoms with E-state index in [9.17, 15) is 17.6 Å². The average Bonchev–Trinajstić information content (AvgIpc) is 3.31. The van der Waals surface area contributed by atoms with E-state index in [0.717, 1.165) is 17.6 Å². The minimum Gasteiger partial charge on any atom is -0.488 e. The lowest BCUT2D eigenvalue weighted by molar-refractivity contribution is 0.0916. The Balaban J connectivity index is 1.53. The highest BCUT2D eigenvalue weighted by Gasteiger charge is 2.16. The van der Waals surface area contributed by atoms with Gasteiger partial charge < -0.3 is 18.9 Å². The number of pyridine rings is 1. The molecule has 0 saturated heterocycles. The van der Waals surface area contributed by atoms with Crippen molar-refractivity contribution in [2.24, 2.45) is 0 Å². The van der Waals surface area contributed by atoms with Gasteiger partial charge in [0.15, 0.2) is 15.0 Å². The normalized spacial score (nSPS) is 12.0. The molecule has 0 aliphatic rings. The molecule has 0 radical (unpaired) electrons. The van der Waals surface area contributed by atoms with Crippen LogP contribution in [0.3, 0.4) is 0 Å². The van der Waals surface area contributed by atoms with Crippen LogP contribution in [-0.4, -0.2) is 50.4 Å². The Kier molecular flexibility index (Phi) is 8.74. The molecule has 2 heterocycles. The van der Waals surface area contributed by atoms with Crippen LogP contribution in [0.1, 0.15) is 17.3 Å². The topological polar surface area (TPSA) is 126 Å². The van der Waals surface area contributed by atoms with Gasteiger partial charge in [0.25, 0.3) is 5.91 Å². The maximum absolute atomic E-state index is 13.1. The van der Waals surface area contributed by atoms with E-state index in [1.54, 1.807) is 19.2 Å². The molecule has 1 amide bonds. The Bertz CT molecular complexity index is 1540. The maximum Gasteiger partial charge on any atom is 0.257 e. The number of thiazole rings is 1. The summed E-state index contributed by atoms with van der Waals surface area (Å²) < 4.78 is 59.0. The van der Waals surface area contributed by atoms with Crippen molar-refractivity contribution < 1.29 is 36.6 Å². The zero-order chi connectivity index (χ0) is 28.0. The van der Waals surface area contributed by atoms with Gasteiger partial charge in [0, 0.05) is 25.0 Å². The second-order valence-electron chi connectivity index (χ2n) is 8.28. The van der Waals surface area contributed by atoms with Crippen LogP contribution in [-0.2, 0) is 14.6 Å². The van der Waals surface area contributed by atoms with E-state index < -0.39 is 21.7 Å². The molecule has 2 aromatic heterocycles. The molecule has 1 atom stereocenters. The van der Waals surface area contributed by atoms with Gasteiger partial charge in [-0.05, 0) is 55.5 Å².